The number of imidazole rings is 1. The second kappa shape index (κ2) is 3.65. The first-order valence-electron chi connectivity index (χ1n) is 5.52. The minimum absolute atomic E-state index is 0.140. The number of carbonyl (C=O) groups excluding carboxylic acids is 1. The van der Waals surface area contributed by atoms with Crippen LogP contribution in [0.2, 0.25) is 0 Å². The van der Waals surface area contributed by atoms with Crippen molar-refractivity contribution in [1.82, 2.24) is 14.5 Å². The highest BCUT2D eigenvalue weighted by Gasteiger charge is 2.30. The third kappa shape index (κ3) is 2.20. The Kier molecular flexibility index (Phi) is 2.52. The molecule has 2 heterocycles. The van der Waals surface area contributed by atoms with E-state index < -0.39 is 5.60 Å². The van der Waals surface area contributed by atoms with Gasteiger partial charge >= 0.3 is 11.8 Å². The fourth-order valence-corrected chi connectivity index (χ4v) is 1.83. The van der Waals surface area contributed by atoms with E-state index >= 15 is 0 Å². The molecule has 0 unspecified atom stereocenters. The molecule has 0 fully saturated rings. The van der Waals surface area contributed by atoms with Gasteiger partial charge in [0, 0.05) is 7.05 Å². The lowest BCUT2D eigenvalue weighted by Gasteiger charge is -2.24. The Morgan fingerprint density at radius 1 is 1.35 bits per heavy atom. The molecule has 0 atom stereocenters. The molecule has 0 bridgehead atoms. The number of ether oxygens (including phenoxy) is 1. The molecule has 0 aromatic carbocycles. The summed E-state index contributed by atoms with van der Waals surface area (Å²) in [6, 6.07) is 0. The van der Waals surface area contributed by atoms with Crippen LogP contribution in [0, 0.1) is 0 Å². The molecular weight excluding hydrogens is 222 g/mol. The minimum Gasteiger partial charge on any atom is -0.444 e. The summed E-state index contributed by atoms with van der Waals surface area (Å²) in [5.74, 6) is 0. The summed E-state index contributed by atoms with van der Waals surface area (Å²) in [5.41, 5.74) is 1.00. The molecule has 1 amide bonds. The van der Waals surface area contributed by atoms with Gasteiger partial charge in [0.25, 0.3) is 0 Å². The number of nitrogens with one attached hydrogen (secondary N) is 1. The number of amides is 1. The molecule has 17 heavy (non-hydrogen) atoms. The molecule has 1 aliphatic heterocycles. The van der Waals surface area contributed by atoms with Gasteiger partial charge in [0.05, 0.1) is 24.5 Å². The molecule has 1 N–H and O–H groups in total. The van der Waals surface area contributed by atoms with E-state index in [-0.39, 0.29) is 11.8 Å². The zero-order chi connectivity index (χ0) is 12.8. The SMILES string of the molecule is Cn1c2c([nH]c1=O)CN(C(=O)OC(C)(C)C)C2. The lowest BCUT2D eigenvalue weighted by atomic mass is 10.2. The van der Waals surface area contributed by atoms with Gasteiger partial charge in [-0.15, -0.1) is 0 Å². The quantitative estimate of drug-likeness (QED) is 0.733. The van der Waals surface area contributed by atoms with Crippen molar-refractivity contribution in [3.63, 3.8) is 0 Å². The highest BCUT2D eigenvalue weighted by atomic mass is 16.6. The molecule has 1 aliphatic rings. The maximum Gasteiger partial charge on any atom is 0.410 e. The number of rotatable bonds is 0. The average molecular weight is 239 g/mol. The van der Waals surface area contributed by atoms with Gasteiger partial charge in [0.1, 0.15) is 5.60 Å². The van der Waals surface area contributed by atoms with Gasteiger partial charge < -0.3 is 9.72 Å². The molecule has 6 heteroatoms. The molecule has 2 rings (SSSR count). The van der Waals surface area contributed by atoms with E-state index in [1.807, 2.05) is 20.8 Å². The van der Waals surface area contributed by atoms with Gasteiger partial charge in [-0.25, -0.2) is 9.59 Å². The molecule has 0 saturated heterocycles. The van der Waals surface area contributed by atoms with Crippen LogP contribution in [-0.2, 0) is 24.9 Å². The Hall–Kier alpha value is -1.72. The average Bonchev–Trinajstić information content (AvgIpc) is 2.66. The van der Waals surface area contributed by atoms with Crippen molar-refractivity contribution in [2.75, 3.05) is 0 Å². The van der Waals surface area contributed by atoms with Crippen LogP contribution in [0.5, 0.6) is 0 Å². The number of hydrogen-bond donors (Lipinski definition) is 1. The summed E-state index contributed by atoms with van der Waals surface area (Å²) in [6.45, 7) is 6.31. The zero-order valence-corrected chi connectivity index (χ0v) is 10.5. The summed E-state index contributed by atoms with van der Waals surface area (Å²) in [7, 11) is 1.69. The van der Waals surface area contributed by atoms with E-state index in [0.29, 0.717) is 13.1 Å². The van der Waals surface area contributed by atoms with Gasteiger partial charge in [-0.2, -0.15) is 0 Å². The van der Waals surface area contributed by atoms with Crippen LogP contribution in [-0.4, -0.2) is 26.1 Å². The van der Waals surface area contributed by atoms with Crippen LogP contribution < -0.4 is 5.69 Å². The number of aromatic nitrogens is 2. The van der Waals surface area contributed by atoms with Crippen molar-refractivity contribution in [1.29, 1.82) is 0 Å². The van der Waals surface area contributed by atoms with Crippen molar-refractivity contribution in [3.05, 3.63) is 21.9 Å². The van der Waals surface area contributed by atoms with Crippen molar-refractivity contribution in [2.45, 2.75) is 39.5 Å². The van der Waals surface area contributed by atoms with Crippen molar-refractivity contribution in [3.8, 4) is 0 Å². The summed E-state index contributed by atoms with van der Waals surface area (Å²) >= 11 is 0. The number of carbonyl (C=O) groups is 1. The lowest BCUT2D eigenvalue weighted by Crippen LogP contribution is -2.34. The maximum atomic E-state index is 11.8. The second-order valence-electron chi connectivity index (χ2n) is 5.25. The van der Waals surface area contributed by atoms with Crippen LogP contribution in [0.15, 0.2) is 4.79 Å². The summed E-state index contributed by atoms with van der Waals surface area (Å²) in [6.07, 6.45) is -0.352. The van der Waals surface area contributed by atoms with E-state index in [0.717, 1.165) is 11.4 Å². The third-order valence-corrected chi connectivity index (χ3v) is 2.66. The van der Waals surface area contributed by atoms with Crippen molar-refractivity contribution >= 4 is 6.09 Å². The maximum absolute atomic E-state index is 11.8. The predicted molar refractivity (Wildman–Crippen MR) is 61.5 cm³/mol. The van der Waals surface area contributed by atoms with Gasteiger partial charge in [0.2, 0.25) is 0 Å². The molecule has 1 aromatic heterocycles. The van der Waals surface area contributed by atoms with E-state index in [9.17, 15) is 9.59 Å². The van der Waals surface area contributed by atoms with Gasteiger partial charge in [-0.05, 0) is 20.8 Å². The normalized spacial score (nSPS) is 14.9. The first-order chi connectivity index (χ1) is 7.78. The molecule has 6 nitrogen and oxygen atoms in total. The largest absolute Gasteiger partial charge is 0.444 e. The number of H-pyrrole nitrogens is 1. The van der Waals surface area contributed by atoms with Crippen LogP contribution in [0.25, 0.3) is 0 Å². The highest BCUT2D eigenvalue weighted by molar-refractivity contribution is 5.68. The lowest BCUT2D eigenvalue weighted by molar-refractivity contribution is 0.0237. The molecule has 0 saturated carbocycles. The van der Waals surface area contributed by atoms with E-state index in [1.54, 1.807) is 11.9 Å². The fourth-order valence-electron chi connectivity index (χ4n) is 1.83. The van der Waals surface area contributed by atoms with E-state index in [4.69, 9.17) is 4.74 Å². The van der Waals surface area contributed by atoms with Crippen molar-refractivity contribution < 1.29 is 9.53 Å². The molecule has 94 valence electrons. The molecule has 1 aromatic rings. The van der Waals surface area contributed by atoms with E-state index in [1.165, 1.54) is 4.57 Å². The molecule has 0 aliphatic carbocycles. The van der Waals surface area contributed by atoms with Crippen LogP contribution >= 0.6 is 0 Å². The second-order valence-corrected chi connectivity index (χ2v) is 5.25. The van der Waals surface area contributed by atoms with Crippen LogP contribution in [0.3, 0.4) is 0 Å². The van der Waals surface area contributed by atoms with Gasteiger partial charge in [-0.1, -0.05) is 0 Å². The zero-order valence-electron chi connectivity index (χ0n) is 10.5. The number of aromatic amines is 1. The summed E-state index contributed by atoms with van der Waals surface area (Å²) in [4.78, 5) is 27.5. The first-order valence-corrected chi connectivity index (χ1v) is 5.52. The molecular formula is C11H17N3O3. The van der Waals surface area contributed by atoms with Crippen molar-refractivity contribution in [2.24, 2.45) is 7.05 Å². The minimum atomic E-state index is -0.501. The summed E-state index contributed by atoms with van der Waals surface area (Å²) in [5, 5.41) is 0. The monoisotopic (exact) mass is 239 g/mol. The van der Waals surface area contributed by atoms with Crippen LogP contribution in [0.4, 0.5) is 4.79 Å². The van der Waals surface area contributed by atoms with Crippen LogP contribution in [0.1, 0.15) is 32.2 Å². The standard InChI is InChI=1S/C11H17N3O3/c1-11(2,3)17-10(16)14-5-7-8(6-14)13(4)9(15)12-7/h5-6H2,1-4H3,(H,12,15). The Labute approximate surface area is 99.2 Å². The first kappa shape index (κ1) is 11.8. The summed E-state index contributed by atoms with van der Waals surface area (Å²) < 4.78 is 6.81. The predicted octanol–water partition coefficient (Wildman–Crippen LogP) is 0.964. The Morgan fingerprint density at radius 3 is 2.53 bits per heavy atom. The highest BCUT2D eigenvalue weighted by Crippen LogP contribution is 2.21. The Morgan fingerprint density at radius 2 is 2.00 bits per heavy atom. The molecule has 0 spiro atoms. The Bertz CT molecular complexity index is 507. The third-order valence-electron chi connectivity index (χ3n) is 2.66. The molecule has 0 radical (unpaired) electrons. The number of nitrogens with zero attached hydrogens (tertiary/aromatic N) is 2. The van der Waals surface area contributed by atoms with Gasteiger partial charge in [0.15, 0.2) is 0 Å². The smallest absolute Gasteiger partial charge is 0.410 e. The number of fused-ring (bicyclic) bond motifs is 1. The Balaban J connectivity index is 2.11. The van der Waals surface area contributed by atoms with E-state index in [2.05, 4.69) is 4.98 Å². The fraction of sp³-hybridized carbons (Fsp3) is 0.636. The number of hydrogen-bond acceptors (Lipinski definition) is 3. The van der Waals surface area contributed by atoms with Gasteiger partial charge in [-0.3, -0.25) is 9.47 Å². The topological polar surface area (TPSA) is 67.3 Å².